The van der Waals surface area contributed by atoms with Crippen LogP contribution in [0.3, 0.4) is 0 Å². The van der Waals surface area contributed by atoms with E-state index in [1.807, 2.05) is 0 Å². The van der Waals surface area contributed by atoms with Crippen LogP contribution in [0.1, 0.15) is 80.2 Å². The minimum Gasteiger partial charge on any atom is -0.486 e. The van der Waals surface area contributed by atoms with Crippen LogP contribution in [0.25, 0.3) is 5.69 Å². The molecule has 0 bridgehead atoms. The summed E-state index contributed by atoms with van der Waals surface area (Å²) in [5.41, 5.74) is 0.335. The number of ether oxygens (including phenoxy) is 4. The van der Waals surface area contributed by atoms with Gasteiger partial charge in [-0.1, -0.05) is 12.1 Å². The summed E-state index contributed by atoms with van der Waals surface area (Å²) in [7, 11) is 0. The van der Waals surface area contributed by atoms with Gasteiger partial charge >= 0.3 is 18.4 Å². The summed E-state index contributed by atoms with van der Waals surface area (Å²) in [6, 6.07) is 10.7. The quantitative estimate of drug-likeness (QED) is 0.280. The van der Waals surface area contributed by atoms with Crippen molar-refractivity contribution in [2.75, 3.05) is 0 Å². The van der Waals surface area contributed by atoms with E-state index in [9.17, 15) is 31.9 Å². The molecule has 2 heterocycles. The van der Waals surface area contributed by atoms with Crippen LogP contribution in [-0.2, 0) is 22.1 Å². The summed E-state index contributed by atoms with van der Waals surface area (Å²) in [5, 5.41) is 13.3. The van der Waals surface area contributed by atoms with Crippen LogP contribution in [0.2, 0.25) is 0 Å². The molecule has 43 heavy (non-hydrogen) atoms. The Morgan fingerprint density at radius 2 is 1.81 bits per heavy atom. The minimum atomic E-state index is -4.67. The molecular weight excluding hydrogens is 579 g/mol. The maximum absolute atomic E-state index is 14.1. The maximum Gasteiger partial charge on any atom is 0.586 e. The van der Waals surface area contributed by atoms with Gasteiger partial charge in [-0.05, 0) is 81.7 Å². The van der Waals surface area contributed by atoms with E-state index in [1.165, 1.54) is 16.8 Å². The minimum absolute atomic E-state index is 0.0971. The molecule has 1 fully saturated rings. The Morgan fingerprint density at radius 1 is 1.07 bits per heavy atom. The summed E-state index contributed by atoms with van der Waals surface area (Å²) < 4.78 is 91.9. The maximum atomic E-state index is 14.1. The van der Waals surface area contributed by atoms with Crippen molar-refractivity contribution < 1.29 is 50.8 Å². The average molecular weight is 609 g/mol. The summed E-state index contributed by atoms with van der Waals surface area (Å²) in [6.45, 7) is 1.70. The molecule has 2 aliphatic carbocycles. The second kappa shape index (κ2) is 11.0. The van der Waals surface area contributed by atoms with Gasteiger partial charge in [0.15, 0.2) is 17.2 Å². The zero-order valence-corrected chi connectivity index (χ0v) is 23.1. The Balaban J connectivity index is 1.27. The average Bonchev–Trinajstić information content (AvgIpc) is 3.50. The number of benzene rings is 2. The van der Waals surface area contributed by atoms with Gasteiger partial charge < -0.3 is 24.1 Å². The van der Waals surface area contributed by atoms with E-state index in [2.05, 4.69) is 14.6 Å². The van der Waals surface area contributed by atoms with Crippen LogP contribution in [0.15, 0.2) is 42.5 Å². The molecule has 0 amide bonds. The number of aromatic nitrogens is 2. The Kier molecular flexibility index (Phi) is 7.47. The fraction of sp³-hybridized carbons (Fsp3) is 0.467. The second-order valence-electron chi connectivity index (χ2n) is 11.1. The predicted octanol–water partition coefficient (Wildman–Crippen LogP) is 7.39. The molecule has 1 aromatic heterocycles. The van der Waals surface area contributed by atoms with E-state index in [4.69, 9.17) is 9.47 Å². The van der Waals surface area contributed by atoms with Crippen molar-refractivity contribution in [1.82, 2.24) is 9.78 Å². The van der Waals surface area contributed by atoms with E-state index in [0.717, 1.165) is 0 Å². The molecule has 8 nitrogen and oxygen atoms in total. The van der Waals surface area contributed by atoms with Crippen molar-refractivity contribution in [2.45, 2.75) is 82.7 Å². The van der Waals surface area contributed by atoms with E-state index in [-0.39, 0.29) is 29.6 Å². The van der Waals surface area contributed by atoms with Gasteiger partial charge in [-0.3, -0.25) is 4.79 Å². The zero-order chi connectivity index (χ0) is 30.5. The fourth-order valence-electron chi connectivity index (χ4n) is 6.06. The van der Waals surface area contributed by atoms with Gasteiger partial charge in [0.25, 0.3) is 0 Å². The molecule has 6 rings (SSSR count). The molecule has 0 radical (unpaired) electrons. The van der Waals surface area contributed by atoms with Gasteiger partial charge in [0.2, 0.25) is 0 Å². The molecule has 0 spiro atoms. The van der Waals surface area contributed by atoms with Gasteiger partial charge in [-0.2, -0.15) is 18.3 Å². The topological polar surface area (TPSA) is 92.0 Å². The zero-order valence-electron chi connectivity index (χ0n) is 23.1. The molecule has 2 unspecified atom stereocenters. The standard InChI is InChI=1S/C30H29F5N2O6/c1-16(18-10-13-23-25(14-18)43-30(34,35)42-23)40-21-5-2-4-19(15-21)37-26-22(27(36-37)29(31,32)33)6-3-7-24(26)41-20-11-8-17(9-12-20)28(38)39/h2,4-5,10,13-17,20,24H,3,6-9,11-12H2,1H3,(H,38,39)/t16?,17-,20-,24?. The Hall–Kier alpha value is -3.87. The number of aliphatic carboxylic acids is 1. The first-order chi connectivity index (χ1) is 20.4. The smallest absolute Gasteiger partial charge is 0.486 e. The van der Waals surface area contributed by atoms with Gasteiger partial charge in [0.1, 0.15) is 18.0 Å². The normalized spacial score (nSPS) is 23.4. The highest BCUT2D eigenvalue weighted by atomic mass is 19.4. The summed E-state index contributed by atoms with van der Waals surface area (Å²) in [5.74, 6) is -1.18. The van der Waals surface area contributed by atoms with Crippen LogP contribution < -0.4 is 14.2 Å². The molecule has 13 heteroatoms. The first kappa shape index (κ1) is 29.2. The lowest BCUT2D eigenvalue weighted by atomic mass is 9.87. The van der Waals surface area contributed by atoms with Crippen molar-refractivity contribution >= 4 is 5.97 Å². The molecule has 1 saturated carbocycles. The second-order valence-corrected chi connectivity index (χ2v) is 11.1. The molecule has 2 atom stereocenters. The van der Waals surface area contributed by atoms with E-state index >= 15 is 0 Å². The third-order valence-corrected chi connectivity index (χ3v) is 8.14. The fourth-order valence-corrected chi connectivity index (χ4v) is 6.06. The number of hydrogen-bond donors (Lipinski definition) is 1. The number of carboxylic acid groups (broad SMARTS) is 1. The molecular formula is C30H29F5N2O6. The molecule has 1 aliphatic heterocycles. The first-order valence-electron chi connectivity index (χ1n) is 14.1. The van der Waals surface area contributed by atoms with Crippen molar-refractivity contribution in [3.63, 3.8) is 0 Å². The lowest BCUT2D eigenvalue weighted by Gasteiger charge is -2.32. The largest absolute Gasteiger partial charge is 0.586 e. The van der Waals surface area contributed by atoms with E-state index in [0.29, 0.717) is 61.2 Å². The number of fused-ring (bicyclic) bond motifs is 2. The third kappa shape index (κ3) is 5.99. The SMILES string of the molecule is CC(Oc1cccc(-n2nc(C(F)(F)F)c3c2C(O[C@H]2CC[C@H](C(=O)O)CC2)CCC3)c1)c1ccc2c(c1)OC(F)(F)O2. The molecule has 0 saturated heterocycles. The van der Waals surface area contributed by atoms with Crippen LogP contribution in [0, 0.1) is 5.92 Å². The highest BCUT2D eigenvalue weighted by Gasteiger charge is 2.44. The monoisotopic (exact) mass is 608 g/mol. The van der Waals surface area contributed by atoms with E-state index < -0.39 is 42.3 Å². The highest BCUT2D eigenvalue weighted by Crippen LogP contribution is 2.44. The number of carbonyl (C=O) groups is 1. The Labute approximate surface area is 243 Å². The van der Waals surface area contributed by atoms with Gasteiger partial charge in [-0.25, -0.2) is 4.68 Å². The Bertz CT molecular complexity index is 1520. The lowest BCUT2D eigenvalue weighted by molar-refractivity contribution is -0.286. The first-order valence-corrected chi connectivity index (χ1v) is 14.1. The molecule has 3 aliphatic rings. The molecule has 230 valence electrons. The van der Waals surface area contributed by atoms with Gasteiger partial charge in [-0.15, -0.1) is 8.78 Å². The van der Waals surface area contributed by atoms with Crippen molar-refractivity contribution in [3.05, 3.63) is 65.0 Å². The number of halogens is 5. The summed E-state index contributed by atoms with van der Waals surface area (Å²) in [4.78, 5) is 11.3. The van der Waals surface area contributed by atoms with Crippen LogP contribution >= 0.6 is 0 Å². The van der Waals surface area contributed by atoms with Crippen molar-refractivity contribution in [1.29, 1.82) is 0 Å². The summed E-state index contributed by atoms with van der Waals surface area (Å²) in [6.07, 6.45) is -6.82. The van der Waals surface area contributed by atoms with Crippen LogP contribution in [0.5, 0.6) is 17.2 Å². The van der Waals surface area contributed by atoms with Crippen molar-refractivity contribution in [2.24, 2.45) is 5.92 Å². The summed E-state index contributed by atoms with van der Waals surface area (Å²) >= 11 is 0. The molecule has 2 aromatic carbocycles. The van der Waals surface area contributed by atoms with Gasteiger partial charge in [0, 0.05) is 11.6 Å². The van der Waals surface area contributed by atoms with Crippen molar-refractivity contribution in [3.8, 4) is 22.9 Å². The number of rotatable bonds is 7. The Morgan fingerprint density at radius 3 is 2.53 bits per heavy atom. The van der Waals surface area contributed by atoms with Crippen LogP contribution in [-0.4, -0.2) is 33.3 Å². The third-order valence-electron chi connectivity index (χ3n) is 8.14. The predicted molar refractivity (Wildman–Crippen MR) is 140 cm³/mol. The molecule has 1 N–H and O–H groups in total. The highest BCUT2D eigenvalue weighted by molar-refractivity contribution is 5.70. The number of hydrogen-bond acceptors (Lipinski definition) is 6. The number of alkyl halides is 5. The van der Waals surface area contributed by atoms with E-state index in [1.54, 1.807) is 37.3 Å². The lowest BCUT2D eigenvalue weighted by Crippen LogP contribution is -2.29. The number of nitrogens with zero attached hydrogens (tertiary/aromatic N) is 2. The van der Waals surface area contributed by atoms with Crippen LogP contribution in [0.4, 0.5) is 22.0 Å². The number of carboxylic acids is 1. The molecule has 3 aromatic rings. The van der Waals surface area contributed by atoms with Gasteiger partial charge in [0.05, 0.1) is 23.4 Å².